The van der Waals surface area contributed by atoms with Crippen molar-refractivity contribution in [2.45, 2.75) is 46.1 Å². The van der Waals surface area contributed by atoms with Crippen LogP contribution in [-0.4, -0.2) is 33.1 Å². The maximum atomic E-state index is 12.2. The van der Waals surface area contributed by atoms with Crippen molar-refractivity contribution in [3.05, 3.63) is 23.3 Å². The van der Waals surface area contributed by atoms with Crippen molar-refractivity contribution in [3.63, 3.8) is 0 Å². The standard InChI is InChI=1S/C13H21N3O2/c1-5-13(4,6-7-17)16-12(18)11-8-14-10(3)15-9(11)2/h8,17H,5-7H2,1-4H3,(H,16,18). The Kier molecular flexibility index (Phi) is 4.78. The van der Waals surface area contributed by atoms with Crippen molar-refractivity contribution in [1.29, 1.82) is 0 Å². The molecule has 1 aromatic heterocycles. The van der Waals surface area contributed by atoms with E-state index in [1.807, 2.05) is 13.8 Å². The fraction of sp³-hybridized carbons (Fsp3) is 0.615. The van der Waals surface area contributed by atoms with E-state index in [9.17, 15) is 4.79 Å². The minimum Gasteiger partial charge on any atom is -0.396 e. The number of aliphatic hydroxyl groups excluding tert-OH is 1. The van der Waals surface area contributed by atoms with Gasteiger partial charge in [0.05, 0.1) is 11.3 Å². The molecule has 1 rings (SSSR count). The van der Waals surface area contributed by atoms with Crippen LogP contribution in [0.15, 0.2) is 6.20 Å². The highest BCUT2D eigenvalue weighted by molar-refractivity contribution is 5.95. The predicted octanol–water partition coefficient (Wildman–Crippen LogP) is 1.37. The summed E-state index contributed by atoms with van der Waals surface area (Å²) in [6.07, 6.45) is 2.83. The summed E-state index contributed by atoms with van der Waals surface area (Å²) < 4.78 is 0. The van der Waals surface area contributed by atoms with E-state index in [4.69, 9.17) is 5.11 Å². The number of nitrogens with one attached hydrogen (secondary N) is 1. The first kappa shape index (κ1) is 14.6. The van der Waals surface area contributed by atoms with Crippen molar-refractivity contribution in [1.82, 2.24) is 15.3 Å². The summed E-state index contributed by atoms with van der Waals surface area (Å²) in [5.41, 5.74) is 0.754. The maximum absolute atomic E-state index is 12.2. The topological polar surface area (TPSA) is 75.1 Å². The number of carbonyl (C=O) groups is 1. The summed E-state index contributed by atoms with van der Waals surface area (Å²) in [5.74, 6) is 0.461. The minimum absolute atomic E-state index is 0.0496. The number of aliphatic hydroxyl groups is 1. The first-order valence-electron chi connectivity index (χ1n) is 6.15. The Balaban J connectivity index is 2.87. The Morgan fingerprint density at radius 2 is 2.17 bits per heavy atom. The van der Waals surface area contributed by atoms with Crippen LogP contribution in [0.2, 0.25) is 0 Å². The van der Waals surface area contributed by atoms with Crippen molar-refractivity contribution >= 4 is 5.91 Å². The first-order chi connectivity index (χ1) is 8.41. The molecule has 0 saturated carbocycles. The third kappa shape index (κ3) is 3.50. The third-order valence-electron chi connectivity index (χ3n) is 3.20. The molecule has 1 atom stereocenters. The molecule has 0 aromatic carbocycles. The van der Waals surface area contributed by atoms with Crippen LogP contribution in [0.1, 0.15) is 48.6 Å². The lowest BCUT2D eigenvalue weighted by molar-refractivity contribution is 0.0884. The zero-order valence-corrected chi connectivity index (χ0v) is 11.4. The van der Waals surface area contributed by atoms with Gasteiger partial charge in [0, 0.05) is 18.3 Å². The van der Waals surface area contributed by atoms with Gasteiger partial charge in [0.15, 0.2) is 0 Å². The van der Waals surface area contributed by atoms with E-state index in [1.54, 1.807) is 20.0 Å². The van der Waals surface area contributed by atoms with E-state index in [0.717, 1.165) is 6.42 Å². The van der Waals surface area contributed by atoms with Crippen LogP contribution in [0.4, 0.5) is 0 Å². The van der Waals surface area contributed by atoms with Crippen LogP contribution in [-0.2, 0) is 0 Å². The van der Waals surface area contributed by atoms with Gasteiger partial charge in [0.1, 0.15) is 5.82 Å². The van der Waals surface area contributed by atoms with E-state index in [2.05, 4.69) is 15.3 Å². The van der Waals surface area contributed by atoms with E-state index >= 15 is 0 Å². The van der Waals surface area contributed by atoms with E-state index in [1.165, 1.54) is 0 Å². The lowest BCUT2D eigenvalue weighted by Crippen LogP contribution is -2.46. The minimum atomic E-state index is -0.400. The predicted molar refractivity (Wildman–Crippen MR) is 69.4 cm³/mol. The van der Waals surface area contributed by atoms with Crippen LogP contribution < -0.4 is 5.32 Å². The van der Waals surface area contributed by atoms with Gasteiger partial charge < -0.3 is 10.4 Å². The number of amides is 1. The molecule has 0 bridgehead atoms. The summed E-state index contributed by atoms with van der Waals surface area (Å²) in [7, 11) is 0. The molecule has 1 aromatic rings. The smallest absolute Gasteiger partial charge is 0.255 e. The highest BCUT2D eigenvalue weighted by Crippen LogP contribution is 2.15. The Morgan fingerprint density at radius 1 is 1.50 bits per heavy atom. The lowest BCUT2D eigenvalue weighted by Gasteiger charge is -2.29. The van der Waals surface area contributed by atoms with Gasteiger partial charge in [-0.15, -0.1) is 0 Å². The molecule has 0 aliphatic rings. The third-order valence-corrected chi connectivity index (χ3v) is 3.20. The van der Waals surface area contributed by atoms with Crippen molar-refractivity contribution in [2.75, 3.05) is 6.61 Å². The monoisotopic (exact) mass is 251 g/mol. The molecule has 5 heteroatoms. The molecule has 1 amide bonds. The fourth-order valence-corrected chi connectivity index (χ4v) is 1.72. The molecule has 0 aliphatic carbocycles. The second kappa shape index (κ2) is 5.91. The molecule has 2 N–H and O–H groups in total. The van der Waals surface area contributed by atoms with Gasteiger partial charge in [-0.05, 0) is 33.6 Å². The van der Waals surface area contributed by atoms with Crippen LogP contribution in [0.3, 0.4) is 0 Å². The van der Waals surface area contributed by atoms with E-state index in [0.29, 0.717) is 23.5 Å². The molecule has 0 fully saturated rings. The Morgan fingerprint density at radius 3 is 2.67 bits per heavy atom. The first-order valence-corrected chi connectivity index (χ1v) is 6.15. The molecule has 18 heavy (non-hydrogen) atoms. The van der Waals surface area contributed by atoms with Gasteiger partial charge in [-0.2, -0.15) is 0 Å². The van der Waals surface area contributed by atoms with Crippen molar-refractivity contribution in [3.8, 4) is 0 Å². The van der Waals surface area contributed by atoms with Gasteiger partial charge >= 0.3 is 0 Å². The number of nitrogens with zero attached hydrogens (tertiary/aromatic N) is 2. The van der Waals surface area contributed by atoms with Crippen LogP contribution in [0.25, 0.3) is 0 Å². The molecule has 1 unspecified atom stereocenters. The summed E-state index contributed by atoms with van der Waals surface area (Å²) in [4.78, 5) is 20.4. The average Bonchev–Trinajstić information content (AvgIpc) is 2.28. The summed E-state index contributed by atoms with van der Waals surface area (Å²) in [6, 6.07) is 0. The molecular formula is C13H21N3O2. The SMILES string of the molecule is CCC(C)(CCO)NC(=O)c1cnc(C)nc1C. The number of hydrogen-bond donors (Lipinski definition) is 2. The van der Waals surface area contributed by atoms with Crippen molar-refractivity contribution in [2.24, 2.45) is 0 Å². The fourth-order valence-electron chi connectivity index (χ4n) is 1.72. The molecule has 0 radical (unpaired) electrons. The Hall–Kier alpha value is -1.49. The summed E-state index contributed by atoms with van der Waals surface area (Å²) in [6.45, 7) is 7.53. The van der Waals surface area contributed by atoms with Crippen LogP contribution in [0, 0.1) is 13.8 Å². The van der Waals surface area contributed by atoms with Gasteiger partial charge in [-0.3, -0.25) is 4.79 Å². The molecule has 1 heterocycles. The molecule has 0 aliphatic heterocycles. The number of carbonyl (C=O) groups excluding carboxylic acids is 1. The van der Waals surface area contributed by atoms with E-state index in [-0.39, 0.29) is 12.5 Å². The quantitative estimate of drug-likeness (QED) is 0.829. The molecule has 0 saturated heterocycles. The van der Waals surface area contributed by atoms with Gasteiger partial charge in [0.2, 0.25) is 0 Å². The number of hydrogen-bond acceptors (Lipinski definition) is 4. The summed E-state index contributed by atoms with van der Waals surface area (Å²) >= 11 is 0. The van der Waals surface area contributed by atoms with Gasteiger partial charge in [0.25, 0.3) is 5.91 Å². The van der Waals surface area contributed by atoms with Crippen molar-refractivity contribution < 1.29 is 9.90 Å². The highest BCUT2D eigenvalue weighted by Gasteiger charge is 2.25. The largest absolute Gasteiger partial charge is 0.396 e. The van der Waals surface area contributed by atoms with Gasteiger partial charge in [-0.25, -0.2) is 9.97 Å². The molecular weight excluding hydrogens is 230 g/mol. The molecule has 100 valence electrons. The zero-order chi connectivity index (χ0) is 13.8. The van der Waals surface area contributed by atoms with Crippen LogP contribution in [0.5, 0.6) is 0 Å². The highest BCUT2D eigenvalue weighted by atomic mass is 16.3. The average molecular weight is 251 g/mol. The number of rotatable bonds is 5. The number of aryl methyl sites for hydroxylation is 2. The summed E-state index contributed by atoms with van der Waals surface area (Å²) in [5, 5.41) is 12.0. The molecule has 5 nitrogen and oxygen atoms in total. The maximum Gasteiger partial charge on any atom is 0.255 e. The van der Waals surface area contributed by atoms with E-state index < -0.39 is 5.54 Å². The Bertz CT molecular complexity index is 434. The lowest BCUT2D eigenvalue weighted by atomic mass is 9.94. The van der Waals surface area contributed by atoms with Crippen LogP contribution >= 0.6 is 0 Å². The molecule has 0 spiro atoms. The van der Waals surface area contributed by atoms with Gasteiger partial charge in [-0.1, -0.05) is 6.92 Å². The zero-order valence-electron chi connectivity index (χ0n) is 11.4. The normalized spacial score (nSPS) is 14.1. The number of aromatic nitrogens is 2. The second-order valence-corrected chi connectivity index (χ2v) is 4.76. The second-order valence-electron chi connectivity index (χ2n) is 4.76. The Labute approximate surface area is 108 Å².